The topological polar surface area (TPSA) is 85.5 Å². The van der Waals surface area contributed by atoms with Gasteiger partial charge in [-0.1, -0.05) is 59.3 Å². The molecule has 0 aliphatic rings. The highest BCUT2D eigenvalue weighted by Crippen LogP contribution is 2.39. The average molecular weight is 528 g/mol. The van der Waals surface area contributed by atoms with Crippen LogP contribution in [0.5, 0.6) is 5.75 Å². The smallest absolute Gasteiger partial charge is 0.349 e. The second-order valence-corrected chi connectivity index (χ2v) is 9.71. The third-order valence-corrected chi connectivity index (χ3v) is 7.62. The van der Waals surface area contributed by atoms with Crippen LogP contribution in [0.1, 0.15) is 15.9 Å². The van der Waals surface area contributed by atoms with E-state index >= 15 is 0 Å². The molecule has 7 nitrogen and oxygen atoms in total. The van der Waals surface area contributed by atoms with Gasteiger partial charge < -0.3 is 9.15 Å². The Balaban J connectivity index is 1.54. The van der Waals surface area contributed by atoms with Gasteiger partial charge in [0.15, 0.2) is 5.13 Å². The van der Waals surface area contributed by atoms with Gasteiger partial charge in [-0.3, -0.25) is 14.7 Å². The number of ether oxygens (including phenoxy) is 1. The normalized spacial score (nSPS) is 11.3. The number of carbonyl (C=O) groups is 1. The molecule has 0 aliphatic heterocycles. The molecule has 3 aromatic heterocycles. The molecule has 0 unspecified atom stereocenters. The molecule has 1 amide bonds. The number of pyridine rings is 1. The van der Waals surface area contributed by atoms with Crippen molar-refractivity contribution in [3.8, 4) is 5.75 Å². The fourth-order valence-electron chi connectivity index (χ4n) is 4.29. The van der Waals surface area contributed by atoms with Crippen LogP contribution in [0.4, 0.5) is 5.13 Å². The molecule has 0 bridgehead atoms. The molecule has 0 fully saturated rings. The van der Waals surface area contributed by atoms with Crippen molar-refractivity contribution in [2.75, 3.05) is 12.0 Å². The zero-order valence-electron chi connectivity index (χ0n) is 19.5. The maximum absolute atomic E-state index is 14.0. The summed E-state index contributed by atoms with van der Waals surface area (Å²) in [7, 11) is 1.55. The number of fused-ring (bicyclic) bond motifs is 4. The lowest BCUT2D eigenvalue weighted by atomic mass is 10.0. The number of nitrogens with zero attached hydrogens (tertiary/aromatic N) is 3. The Morgan fingerprint density at radius 3 is 2.76 bits per heavy atom. The monoisotopic (exact) mass is 527 g/mol. The Hall–Kier alpha value is -4.27. The highest BCUT2D eigenvalue weighted by atomic mass is 35.5. The summed E-state index contributed by atoms with van der Waals surface area (Å²) in [6, 6.07) is 20.0. The molecular formula is C28H18ClN3O4S. The first-order valence-electron chi connectivity index (χ1n) is 11.3. The molecule has 0 atom stereocenters. The van der Waals surface area contributed by atoms with Crippen molar-refractivity contribution in [1.82, 2.24) is 9.97 Å². The van der Waals surface area contributed by atoms with Gasteiger partial charge in [0.2, 0.25) is 0 Å². The Labute approximate surface area is 219 Å². The summed E-state index contributed by atoms with van der Waals surface area (Å²) in [6.45, 7) is 0.138. The summed E-state index contributed by atoms with van der Waals surface area (Å²) in [5.74, 6) is -0.00560. The highest BCUT2D eigenvalue weighted by molar-refractivity contribution is 7.23. The first-order valence-corrected chi connectivity index (χ1v) is 12.5. The largest absolute Gasteiger partial charge is 0.494 e. The third-order valence-electron chi connectivity index (χ3n) is 6.08. The maximum Gasteiger partial charge on any atom is 0.349 e. The van der Waals surface area contributed by atoms with Crippen molar-refractivity contribution in [3.05, 3.63) is 106 Å². The zero-order chi connectivity index (χ0) is 25.5. The summed E-state index contributed by atoms with van der Waals surface area (Å²) in [5, 5.41) is 3.39. The molecule has 0 saturated carbocycles. The quantitative estimate of drug-likeness (QED) is 0.189. The van der Waals surface area contributed by atoms with Crippen LogP contribution in [0.3, 0.4) is 0 Å². The number of aromatic nitrogens is 2. The number of rotatable bonds is 5. The van der Waals surface area contributed by atoms with Crippen LogP contribution in [-0.4, -0.2) is 23.0 Å². The third kappa shape index (κ3) is 4.10. The van der Waals surface area contributed by atoms with Crippen LogP contribution >= 0.6 is 22.9 Å². The van der Waals surface area contributed by atoms with Crippen molar-refractivity contribution in [3.63, 3.8) is 0 Å². The molecule has 9 heteroatoms. The molecule has 3 heterocycles. The van der Waals surface area contributed by atoms with Crippen LogP contribution < -0.4 is 15.3 Å². The van der Waals surface area contributed by atoms with Crippen molar-refractivity contribution >= 4 is 65.9 Å². The summed E-state index contributed by atoms with van der Waals surface area (Å²) in [6.07, 6.45) is 3.32. The lowest BCUT2D eigenvalue weighted by molar-refractivity contribution is 0.0981. The van der Waals surface area contributed by atoms with E-state index in [9.17, 15) is 9.59 Å². The summed E-state index contributed by atoms with van der Waals surface area (Å²) in [4.78, 5) is 37.4. The van der Waals surface area contributed by atoms with Crippen LogP contribution in [0.25, 0.3) is 32.0 Å². The van der Waals surface area contributed by atoms with Crippen LogP contribution in [0, 0.1) is 0 Å². The number of hydrogen-bond donors (Lipinski definition) is 0. The predicted molar refractivity (Wildman–Crippen MR) is 146 cm³/mol. The lowest BCUT2D eigenvalue weighted by Crippen LogP contribution is -2.33. The minimum Gasteiger partial charge on any atom is -0.494 e. The molecule has 3 aromatic carbocycles. The number of carbonyl (C=O) groups excluding carboxylic acids is 1. The molecular weight excluding hydrogens is 510 g/mol. The number of anilines is 1. The molecule has 37 heavy (non-hydrogen) atoms. The van der Waals surface area contributed by atoms with E-state index in [1.165, 1.54) is 16.2 Å². The van der Waals surface area contributed by atoms with E-state index in [4.69, 9.17) is 25.7 Å². The van der Waals surface area contributed by atoms with E-state index in [1.807, 2.05) is 36.4 Å². The Kier molecular flexibility index (Phi) is 5.82. The molecule has 6 rings (SSSR count). The molecule has 0 radical (unpaired) electrons. The Bertz CT molecular complexity index is 1870. The number of thiazole rings is 1. The van der Waals surface area contributed by atoms with Gasteiger partial charge in [0.05, 0.1) is 23.4 Å². The van der Waals surface area contributed by atoms with E-state index in [0.717, 1.165) is 16.3 Å². The number of benzene rings is 3. The molecule has 0 spiro atoms. The first-order chi connectivity index (χ1) is 18.0. The fraction of sp³-hybridized carbons (Fsp3) is 0.0714. The summed E-state index contributed by atoms with van der Waals surface area (Å²) >= 11 is 7.69. The number of halogens is 1. The van der Waals surface area contributed by atoms with Gasteiger partial charge in [0.1, 0.15) is 22.4 Å². The second-order valence-electron chi connectivity index (χ2n) is 8.32. The summed E-state index contributed by atoms with van der Waals surface area (Å²) in [5.41, 5.74) is 0.903. The number of hydrogen-bond acceptors (Lipinski definition) is 7. The number of amides is 1. The van der Waals surface area contributed by atoms with Crippen molar-refractivity contribution in [2.45, 2.75) is 6.54 Å². The van der Waals surface area contributed by atoms with Crippen LogP contribution in [0.2, 0.25) is 5.02 Å². The van der Waals surface area contributed by atoms with Crippen molar-refractivity contribution in [1.29, 1.82) is 0 Å². The van der Waals surface area contributed by atoms with E-state index in [2.05, 4.69) is 4.98 Å². The predicted octanol–water partition coefficient (Wildman–Crippen LogP) is 6.46. The highest BCUT2D eigenvalue weighted by Gasteiger charge is 2.27. The standard InChI is InChI=1S/C28H18ClN3O4S/c1-35-23-11-9-21(29)25-24(23)31-28(37-25)32(15-16-5-4-12-30-14-16)26(33)20-13-19-18-7-3-2-6-17(18)8-10-22(19)36-27(20)34/h2-14H,15H2,1H3. The fourth-order valence-corrected chi connectivity index (χ4v) is 5.54. The zero-order valence-corrected chi connectivity index (χ0v) is 21.0. The molecule has 0 saturated heterocycles. The first kappa shape index (κ1) is 23.1. The van der Waals surface area contributed by atoms with Gasteiger partial charge in [-0.15, -0.1) is 0 Å². The van der Waals surface area contributed by atoms with Crippen LogP contribution in [0.15, 0.2) is 88.3 Å². The van der Waals surface area contributed by atoms with Crippen molar-refractivity contribution in [2.24, 2.45) is 0 Å². The van der Waals surface area contributed by atoms with Crippen molar-refractivity contribution < 1.29 is 13.9 Å². The molecule has 6 aromatic rings. The minimum atomic E-state index is -0.722. The molecule has 182 valence electrons. The van der Waals surface area contributed by atoms with Gasteiger partial charge in [-0.25, -0.2) is 9.78 Å². The van der Waals surface area contributed by atoms with E-state index in [0.29, 0.717) is 37.1 Å². The molecule has 0 N–H and O–H groups in total. The van der Waals surface area contributed by atoms with E-state index in [1.54, 1.807) is 49.8 Å². The van der Waals surface area contributed by atoms with Gasteiger partial charge >= 0.3 is 5.63 Å². The second kappa shape index (κ2) is 9.31. The van der Waals surface area contributed by atoms with E-state index in [-0.39, 0.29) is 12.1 Å². The maximum atomic E-state index is 14.0. The van der Waals surface area contributed by atoms with Crippen LogP contribution in [-0.2, 0) is 6.54 Å². The van der Waals surface area contributed by atoms with Gasteiger partial charge in [-0.05, 0) is 46.7 Å². The van der Waals surface area contributed by atoms with Gasteiger partial charge in [0, 0.05) is 17.8 Å². The summed E-state index contributed by atoms with van der Waals surface area (Å²) < 4.78 is 11.7. The average Bonchev–Trinajstić information content (AvgIpc) is 3.38. The van der Waals surface area contributed by atoms with E-state index < -0.39 is 11.5 Å². The number of methoxy groups -OCH3 is 1. The van der Waals surface area contributed by atoms with Gasteiger partial charge in [-0.2, -0.15) is 0 Å². The Morgan fingerprint density at radius 1 is 1.08 bits per heavy atom. The molecule has 0 aliphatic carbocycles. The SMILES string of the molecule is COc1ccc(Cl)c2sc(N(Cc3cccnc3)C(=O)c3cc4c(ccc5ccccc54)oc3=O)nc12. The lowest BCUT2D eigenvalue weighted by Gasteiger charge is -2.19. The Morgan fingerprint density at radius 2 is 1.95 bits per heavy atom. The minimum absolute atomic E-state index is 0.0925. The van der Waals surface area contributed by atoms with Gasteiger partial charge in [0.25, 0.3) is 5.91 Å².